The molecule has 1 atom stereocenters. The predicted molar refractivity (Wildman–Crippen MR) is 113 cm³/mol. The first kappa shape index (κ1) is 20.7. The van der Waals surface area contributed by atoms with Crippen LogP contribution in [0.3, 0.4) is 0 Å². The Morgan fingerprint density at radius 1 is 1.26 bits per heavy atom. The van der Waals surface area contributed by atoms with Gasteiger partial charge in [-0.1, -0.05) is 23.4 Å². The second-order valence-corrected chi connectivity index (χ2v) is 7.82. The summed E-state index contributed by atoms with van der Waals surface area (Å²) in [5.74, 6) is -1.50. The normalized spacial score (nSPS) is 12.0. The average Bonchev–Trinajstić information content (AvgIpc) is 3.43. The summed E-state index contributed by atoms with van der Waals surface area (Å²) in [5, 5.41) is 8.92. The summed E-state index contributed by atoms with van der Waals surface area (Å²) in [6.45, 7) is 3.37. The van der Waals surface area contributed by atoms with Gasteiger partial charge in [0, 0.05) is 6.54 Å². The number of rotatable bonds is 6. The molecule has 3 heterocycles. The lowest BCUT2D eigenvalue weighted by atomic mass is 10.1. The standard InChI is InChI=1S/C22H18FN3O4S/c1-12-19-16(10-17(18-4-3-9-31-18)25-21(19)30-26-12)22(28)29-13(2)20(27)24-11-14-5-7-15(23)8-6-14/h3-10,13H,11H2,1-2H3,(H,24,27). The summed E-state index contributed by atoms with van der Waals surface area (Å²) in [4.78, 5) is 30.6. The number of hydrogen-bond acceptors (Lipinski definition) is 7. The van der Waals surface area contributed by atoms with Crippen LogP contribution in [-0.4, -0.2) is 28.1 Å². The third kappa shape index (κ3) is 4.46. The van der Waals surface area contributed by atoms with Crippen LogP contribution >= 0.6 is 11.3 Å². The van der Waals surface area contributed by atoms with Crippen LogP contribution in [0.15, 0.2) is 52.4 Å². The van der Waals surface area contributed by atoms with Gasteiger partial charge in [-0.2, -0.15) is 0 Å². The molecule has 0 saturated carbocycles. The maximum absolute atomic E-state index is 13.0. The average molecular weight is 439 g/mol. The molecule has 0 aliphatic heterocycles. The number of fused-ring (bicyclic) bond motifs is 1. The first-order valence-corrected chi connectivity index (χ1v) is 10.3. The van der Waals surface area contributed by atoms with Gasteiger partial charge in [-0.25, -0.2) is 14.2 Å². The summed E-state index contributed by atoms with van der Waals surface area (Å²) in [7, 11) is 0. The van der Waals surface area contributed by atoms with Crippen LogP contribution in [0.5, 0.6) is 0 Å². The predicted octanol–water partition coefficient (Wildman–Crippen LogP) is 4.26. The first-order chi connectivity index (χ1) is 14.9. The molecule has 1 N–H and O–H groups in total. The van der Waals surface area contributed by atoms with E-state index in [-0.39, 0.29) is 23.6 Å². The maximum Gasteiger partial charge on any atom is 0.339 e. The number of aryl methyl sites for hydroxylation is 1. The van der Waals surface area contributed by atoms with E-state index in [4.69, 9.17) is 9.26 Å². The molecule has 0 fully saturated rings. The van der Waals surface area contributed by atoms with Gasteiger partial charge in [0.1, 0.15) is 5.82 Å². The molecule has 31 heavy (non-hydrogen) atoms. The molecule has 4 aromatic rings. The Labute approximate surface area is 180 Å². The number of esters is 1. The Morgan fingerprint density at radius 3 is 2.74 bits per heavy atom. The molecule has 3 aromatic heterocycles. The van der Waals surface area contributed by atoms with Gasteiger partial charge >= 0.3 is 5.97 Å². The van der Waals surface area contributed by atoms with E-state index in [9.17, 15) is 14.0 Å². The van der Waals surface area contributed by atoms with Gasteiger partial charge in [-0.3, -0.25) is 4.79 Å². The fraction of sp³-hybridized carbons (Fsp3) is 0.182. The Morgan fingerprint density at radius 2 is 2.03 bits per heavy atom. The zero-order valence-electron chi connectivity index (χ0n) is 16.7. The third-order valence-corrected chi connectivity index (χ3v) is 5.54. The summed E-state index contributed by atoms with van der Waals surface area (Å²) >= 11 is 1.47. The molecule has 0 aliphatic rings. The zero-order valence-corrected chi connectivity index (χ0v) is 17.5. The number of pyridine rings is 1. The van der Waals surface area contributed by atoms with E-state index in [2.05, 4.69) is 15.5 Å². The summed E-state index contributed by atoms with van der Waals surface area (Å²) in [6, 6.07) is 11.1. The fourth-order valence-corrected chi connectivity index (χ4v) is 3.71. The van der Waals surface area contributed by atoms with Gasteiger partial charge in [0.2, 0.25) is 0 Å². The van der Waals surface area contributed by atoms with Crippen LogP contribution in [-0.2, 0) is 16.1 Å². The number of hydrogen-bond donors (Lipinski definition) is 1. The van der Waals surface area contributed by atoms with Crippen molar-refractivity contribution in [2.24, 2.45) is 0 Å². The number of halogens is 1. The molecule has 0 spiro atoms. The quantitative estimate of drug-likeness (QED) is 0.451. The van der Waals surface area contributed by atoms with E-state index >= 15 is 0 Å². The molecule has 1 amide bonds. The van der Waals surface area contributed by atoms with Gasteiger partial charge in [0.05, 0.1) is 27.2 Å². The third-order valence-electron chi connectivity index (χ3n) is 4.64. The maximum atomic E-state index is 13.0. The molecule has 0 bridgehead atoms. The molecular weight excluding hydrogens is 421 g/mol. The van der Waals surface area contributed by atoms with Gasteiger partial charge < -0.3 is 14.6 Å². The molecule has 0 saturated heterocycles. The van der Waals surface area contributed by atoms with Crippen molar-refractivity contribution in [1.82, 2.24) is 15.5 Å². The molecule has 4 rings (SSSR count). The summed E-state index contributed by atoms with van der Waals surface area (Å²) in [6.07, 6.45) is -1.04. The fourth-order valence-electron chi connectivity index (χ4n) is 3.02. The summed E-state index contributed by atoms with van der Waals surface area (Å²) in [5.41, 5.74) is 2.23. The minimum absolute atomic E-state index is 0.188. The Hall–Kier alpha value is -3.59. The van der Waals surface area contributed by atoms with Crippen LogP contribution in [0.1, 0.15) is 28.5 Å². The SMILES string of the molecule is Cc1noc2nc(-c3cccs3)cc(C(=O)OC(C)C(=O)NCc3ccc(F)cc3)c12. The zero-order chi connectivity index (χ0) is 22.0. The van der Waals surface area contributed by atoms with Gasteiger partial charge in [0.25, 0.3) is 11.6 Å². The number of thiophene rings is 1. The lowest BCUT2D eigenvalue weighted by molar-refractivity contribution is -0.129. The van der Waals surface area contributed by atoms with E-state index < -0.39 is 18.0 Å². The highest BCUT2D eigenvalue weighted by Gasteiger charge is 2.24. The first-order valence-electron chi connectivity index (χ1n) is 9.46. The number of ether oxygens (including phenoxy) is 1. The number of benzene rings is 1. The van der Waals surface area contributed by atoms with Crippen LogP contribution in [0.2, 0.25) is 0 Å². The minimum atomic E-state index is -1.04. The molecule has 0 aliphatic carbocycles. The van der Waals surface area contributed by atoms with Crippen LogP contribution in [0.4, 0.5) is 4.39 Å². The van der Waals surface area contributed by atoms with Crippen molar-refractivity contribution in [3.05, 3.63) is 70.5 Å². The van der Waals surface area contributed by atoms with Crippen molar-refractivity contribution in [3.8, 4) is 10.6 Å². The van der Waals surface area contributed by atoms with E-state index in [0.29, 0.717) is 16.8 Å². The highest BCUT2D eigenvalue weighted by atomic mass is 32.1. The Kier molecular flexibility index (Phi) is 5.77. The molecule has 9 heteroatoms. The molecule has 7 nitrogen and oxygen atoms in total. The van der Waals surface area contributed by atoms with Gasteiger partial charge in [0.15, 0.2) is 6.10 Å². The topological polar surface area (TPSA) is 94.3 Å². The van der Waals surface area contributed by atoms with Crippen LogP contribution in [0.25, 0.3) is 21.7 Å². The van der Waals surface area contributed by atoms with Crippen LogP contribution in [0, 0.1) is 12.7 Å². The highest BCUT2D eigenvalue weighted by molar-refractivity contribution is 7.13. The monoisotopic (exact) mass is 439 g/mol. The lowest BCUT2D eigenvalue weighted by Gasteiger charge is -2.14. The van der Waals surface area contributed by atoms with Crippen molar-refractivity contribution in [2.75, 3.05) is 0 Å². The number of nitrogens with zero attached hydrogens (tertiary/aromatic N) is 2. The molecule has 158 valence electrons. The molecule has 1 aromatic carbocycles. The summed E-state index contributed by atoms with van der Waals surface area (Å²) < 4.78 is 23.7. The Balaban J connectivity index is 1.51. The van der Waals surface area contributed by atoms with Gasteiger partial charge in [-0.15, -0.1) is 11.3 Å². The number of aromatic nitrogens is 2. The number of carbonyl (C=O) groups excluding carboxylic acids is 2. The van der Waals surface area contributed by atoms with Crippen molar-refractivity contribution in [3.63, 3.8) is 0 Å². The van der Waals surface area contributed by atoms with Crippen molar-refractivity contribution in [1.29, 1.82) is 0 Å². The number of carbonyl (C=O) groups is 2. The van der Waals surface area contributed by atoms with E-state index in [1.54, 1.807) is 25.1 Å². The van der Waals surface area contributed by atoms with Crippen molar-refractivity contribution < 1.29 is 23.2 Å². The largest absolute Gasteiger partial charge is 0.449 e. The molecule has 1 unspecified atom stereocenters. The lowest BCUT2D eigenvalue weighted by Crippen LogP contribution is -2.35. The smallest absolute Gasteiger partial charge is 0.339 e. The van der Waals surface area contributed by atoms with E-state index in [1.807, 2.05) is 17.5 Å². The second kappa shape index (κ2) is 8.65. The molecular formula is C22H18FN3O4S. The van der Waals surface area contributed by atoms with Crippen LogP contribution < -0.4 is 5.32 Å². The van der Waals surface area contributed by atoms with E-state index in [1.165, 1.54) is 30.4 Å². The minimum Gasteiger partial charge on any atom is -0.449 e. The Bertz CT molecular complexity index is 1240. The highest BCUT2D eigenvalue weighted by Crippen LogP contribution is 2.30. The second-order valence-electron chi connectivity index (χ2n) is 6.87. The van der Waals surface area contributed by atoms with Crippen molar-refractivity contribution in [2.45, 2.75) is 26.5 Å². The number of amides is 1. The van der Waals surface area contributed by atoms with Crippen molar-refractivity contribution >= 4 is 34.3 Å². The van der Waals surface area contributed by atoms with E-state index in [0.717, 1.165) is 10.4 Å². The number of nitrogens with one attached hydrogen (secondary N) is 1. The van der Waals surface area contributed by atoms with Gasteiger partial charge in [-0.05, 0) is 49.1 Å². The molecule has 0 radical (unpaired) electrons.